The number of nitrogens with zero attached hydrogens (tertiary/aromatic N) is 1. The van der Waals surface area contributed by atoms with E-state index in [1.165, 1.54) is 18.2 Å². The third-order valence-corrected chi connectivity index (χ3v) is 2.45. The average Bonchev–Trinajstić information content (AvgIpc) is 2.39. The van der Waals surface area contributed by atoms with Gasteiger partial charge < -0.3 is 0 Å². The fourth-order valence-electron chi connectivity index (χ4n) is 1.56. The summed E-state index contributed by atoms with van der Waals surface area (Å²) in [6, 6.07) is 12.7. The van der Waals surface area contributed by atoms with E-state index >= 15 is 0 Å². The number of hydrogen-bond donors (Lipinski definition) is 0. The van der Waals surface area contributed by atoms with Crippen molar-refractivity contribution < 1.29 is 9.18 Å². The van der Waals surface area contributed by atoms with Crippen LogP contribution >= 0.6 is 0 Å². The lowest BCUT2D eigenvalue weighted by Crippen LogP contribution is -1.87. The molecule has 0 saturated heterocycles. The van der Waals surface area contributed by atoms with Gasteiger partial charge in [0.05, 0.1) is 11.6 Å². The van der Waals surface area contributed by atoms with Crippen LogP contribution < -0.4 is 0 Å². The fraction of sp³-hybridized carbons (Fsp3) is 0. The summed E-state index contributed by atoms with van der Waals surface area (Å²) < 4.78 is 13.6. The van der Waals surface area contributed by atoms with Crippen LogP contribution in [0.5, 0.6) is 0 Å². The number of nitriles is 1. The quantitative estimate of drug-likeness (QED) is 0.736. The number of aldehydes is 1. The largest absolute Gasteiger partial charge is 0.298 e. The molecular formula is C14H8FNO. The van der Waals surface area contributed by atoms with Crippen LogP contribution in [0.3, 0.4) is 0 Å². The van der Waals surface area contributed by atoms with Crippen LogP contribution in [0, 0.1) is 17.1 Å². The second kappa shape index (κ2) is 4.58. The molecule has 0 radical (unpaired) electrons. The zero-order valence-electron chi connectivity index (χ0n) is 8.85. The lowest BCUT2D eigenvalue weighted by atomic mass is 10.0. The minimum atomic E-state index is -0.386. The number of hydrogen-bond acceptors (Lipinski definition) is 2. The standard InChI is InChI=1S/C14H8FNO/c15-14-6-3-11(8-16)7-13(14)12-4-1-10(9-17)2-5-12/h1-7,9H. The molecule has 0 saturated carbocycles. The van der Waals surface area contributed by atoms with Crippen molar-refractivity contribution in [1.82, 2.24) is 0 Å². The summed E-state index contributed by atoms with van der Waals surface area (Å²) in [5.74, 6) is -0.386. The Bertz CT molecular complexity index is 597. The summed E-state index contributed by atoms with van der Waals surface area (Å²) in [5.41, 5.74) is 1.94. The molecule has 0 bridgehead atoms. The van der Waals surface area contributed by atoms with Crippen LogP contribution in [-0.2, 0) is 0 Å². The molecule has 82 valence electrons. The van der Waals surface area contributed by atoms with Crippen molar-refractivity contribution in [2.75, 3.05) is 0 Å². The monoisotopic (exact) mass is 225 g/mol. The first kappa shape index (κ1) is 11.0. The highest BCUT2D eigenvalue weighted by Crippen LogP contribution is 2.24. The van der Waals surface area contributed by atoms with Gasteiger partial charge in [0.25, 0.3) is 0 Å². The lowest BCUT2D eigenvalue weighted by Gasteiger charge is -2.04. The van der Waals surface area contributed by atoms with Crippen LogP contribution in [0.2, 0.25) is 0 Å². The minimum absolute atomic E-state index is 0.362. The molecule has 0 amide bonds. The van der Waals surface area contributed by atoms with Gasteiger partial charge in [-0.15, -0.1) is 0 Å². The van der Waals surface area contributed by atoms with Crippen LogP contribution in [-0.4, -0.2) is 6.29 Å². The summed E-state index contributed by atoms with van der Waals surface area (Å²) >= 11 is 0. The summed E-state index contributed by atoms with van der Waals surface area (Å²) in [4.78, 5) is 10.5. The van der Waals surface area contributed by atoms with E-state index in [4.69, 9.17) is 5.26 Å². The van der Waals surface area contributed by atoms with Crippen molar-refractivity contribution >= 4 is 6.29 Å². The highest BCUT2D eigenvalue weighted by molar-refractivity contribution is 5.77. The Labute approximate surface area is 97.9 Å². The average molecular weight is 225 g/mol. The number of halogens is 1. The number of rotatable bonds is 2. The zero-order chi connectivity index (χ0) is 12.3. The van der Waals surface area contributed by atoms with E-state index < -0.39 is 0 Å². The molecule has 2 rings (SSSR count). The van der Waals surface area contributed by atoms with Gasteiger partial charge in [0.1, 0.15) is 12.1 Å². The van der Waals surface area contributed by atoms with E-state index in [1.807, 2.05) is 6.07 Å². The van der Waals surface area contributed by atoms with E-state index in [9.17, 15) is 9.18 Å². The van der Waals surface area contributed by atoms with Crippen LogP contribution in [0.25, 0.3) is 11.1 Å². The zero-order valence-corrected chi connectivity index (χ0v) is 8.85. The van der Waals surface area contributed by atoms with Crippen molar-refractivity contribution in [2.24, 2.45) is 0 Å². The van der Waals surface area contributed by atoms with E-state index in [2.05, 4.69) is 0 Å². The summed E-state index contributed by atoms with van der Waals surface area (Å²) in [6.45, 7) is 0. The van der Waals surface area contributed by atoms with Gasteiger partial charge in [-0.3, -0.25) is 4.79 Å². The summed E-state index contributed by atoms with van der Waals surface area (Å²) in [7, 11) is 0. The Kier molecular flexibility index (Phi) is 2.97. The summed E-state index contributed by atoms with van der Waals surface area (Å²) in [6.07, 6.45) is 0.728. The number of carbonyl (C=O) groups is 1. The van der Waals surface area contributed by atoms with Crippen LogP contribution in [0.15, 0.2) is 42.5 Å². The van der Waals surface area contributed by atoms with Gasteiger partial charge >= 0.3 is 0 Å². The molecule has 0 aliphatic heterocycles. The molecule has 3 heteroatoms. The normalized spacial score (nSPS) is 9.65. The van der Waals surface area contributed by atoms with E-state index in [0.29, 0.717) is 22.3 Å². The van der Waals surface area contributed by atoms with Gasteiger partial charge in [-0.05, 0) is 23.8 Å². The Morgan fingerprint density at radius 1 is 1.12 bits per heavy atom. The molecule has 0 aliphatic rings. The molecule has 2 aromatic rings. The van der Waals surface area contributed by atoms with Crippen molar-refractivity contribution in [3.05, 3.63) is 59.4 Å². The fourth-order valence-corrected chi connectivity index (χ4v) is 1.56. The van der Waals surface area contributed by atoms with Gasteiger partial charge in [0.2, 0.25) is 0 Å². The predicted molar refractivity (Wildman–Crippen MR) is 61.9 cm³/mol. The van der Waals surface area contributed by atoms with Crippen molar-refractivity contribution in [3.63, 3.8) is 0 Å². The molecule has 0 aliphatic carbocycles. The molecule has 17 heavy (non-hydrogen) atoms. The smallest absolute Gasteiger partial charge is 0.150 e. The maximum atomic E-state index is 13.6. The molecule has 0 heterocycles. The molecular weight excluding hydrogens is 217 g/mol. The van der Waals surface area contributed by atoms with Gasteiger partial charge in [0.15, 0.2) is 0 Å². The van der Waals surface area contributed by atoms with Crippen LogP contribution in [0.4, 0.5) is 4.39 Å². The van der Waals surface area contributed by atoms with Crippen LogP contribution in [0.1, 0.15) is 15.9 Å². The Morgan fingerprint density at radius 2 is 1.82 bits per heavy atom. The molecule has 2 aromatic carbocycles. The Balaban J connectivity index is 2.51. The first-order chi connectivity index (χ1) is 8.24. The molecule has 0 unspecified atom stereocenters. The van der Waals surface area contributed by atoms with Gasteiger partial charge in [-0.25, -0.2) is 4.39 Å². The molecule has 0 spiro atoms. The SMILES string of the molecule is N#Cc1ccc(F)c(-c2ccc(C=O)cc2)c1. The highest BCUT2D eigenvalue weighted by atomic mass is 19.1. The first-order valence-electron chi connectivity index (χ1n) is 5.00. The van der Waals surface area contributed by atoms with Crippen molar-refractivity contribution in [2.45, 2.75) is 0 Å². The van der Waals surface area contributed by atoms with Crippen molar-refractivity contribution in [3.8, 4) is 17.2 Å². The molecule has 0 atom stereocenters. The van der Waals surface area contributed by atoms with E-state index in [-0.39, 0.29) is 5.82 Å². The Hall–Kier alpha value is -2.47. The molecule has 0 fully saturated rings. The predicted octanol–water partition coefficient (Wildman–Crippen LogP) is 3.18. The topological polar surface area (TPSA) is 40.9 Å². The summed E-state index contributed by atoms with van der Waals surface area (Å²) in [5, 5.41) is 8.76. The third-order valence-electron chi connectivity index (χ3n) is 2.45. The van der Waals surface area contributed by atoms with Gasteiger partial charge in [-0.1, -0.05) is 24.3 Å². The maximum Gasteiger partial charge on any atom is 0.150 e. The minimum Gasteiger partial charge on any atom is -0.298 e. The number of carbonyl (C=O) groups excluding carboxylic acids is 1. The van der Waals surface area contributed by atoms with Crippen molar-refractivity contribution in [1.29, 1.82) is 5.26 Å². The highest BCUT2D eigenvalue weighted by Gasteiger charge is 2.06. The van der Waals surface area contributed by atoms with E-state index in [1.54, 1.807) is 24.3 Å². The lowest BCUT2D eigenvalue weighted by molar-refractivity contribution is 0.112. The molecule has 2 nitrogen and oxygen atoms in total. The molecule has 0 N–H and O–H groups in total. The molecule has 0 aromatic heterocycles. The first-order valence-corrected chi connectivity index (χ1v) is 5.00. The van der Waals surface area contributed by atoms with Gasteiger partial charge in [0, 0.05) is 11.1 Å². The second-order valence-corrected chi connectivity index (χ2v) is 3.55. The Morgan fingerprint density at radius 3 is 2.41 bits per heavy atom. The van der Waals surface area contributed by atoms with E-state index in [0.717, 1.165) is 6.29 Å². The number of benzene rings is 2. The third kappa shape index (κ3) is 2.21. The second-order valence-electron chi connectivity index (χ2n) is 3.55. The maximum absolute atomic E-state index is 13.6. The van der Waals surface area contributed by atoms with Gasteiger partial charge in [-0.2, -0.15) is 5.26 Å².